The zero-order chi connectivity index (χ0) is 14.1. The molecule has 0 amide bonds. The zero-order valence-electron chi connectivity index (χ0n) is 11.4. The number of nitrogens with zero attached hydrogens (tertiary/aromatic N) is 3. The number of halogens is 1. The van der Waals surface area contributed by atoms with Gasteiger partial charge in [0.25, 0.3) is 0 Å². The molecule has 0 fully saturated rings. The van der Waals surface area contributed by atoms with Gasteiger partial charge in [0.1, 0.15) is 5.82 Å². The van der Waals surface area contributed by atoms with E-state index in [1.807, 2.05) is 20.0 Å². The molecule has 102 valence electrons. The number of aromatic nitrogens is 3. The highest BCUT2D eigenvalue weighted by atomic mass is 19.1. The van der Waals surface area contributed by atoms with Gasteiger partial charge >= 0.3 is 0 Å². The molecule has 0 spiro atoms. The van der Waals surface area contributed by atoms with Crippen LogP contribution in [0.4, 0.5) is 10.1 Å². The monoisotopic (exact) mass is 270 g/mol. The Hall–Kier alpha value is -2.43. The highest BCUT2D eigenvalue weighted by Gasteiger charge is 2.07. The van der Waals surface area contributed by atoms with Crippen molar-refractivity contribution in [3.8, 4) is 0 Å². The molecule has 3 aromatic rings. The van der Waals surface area contributed by atoms with Gasteiger partial charge in [-0.25, -0.2) is 9.37 Å². The van der Waals surface area contributed by atoms with E-state index in [1.165, 1.54) is 6.07 Å². The van der Waals surface area contributed by atoms with E-state index < -0.39 is 0 Å². The molecule has 0 atom stereocenters. The van der Waals surface area contributed by atoms with Crippen molar-refractivity contribution in [1.29, 1.82) is 0 Å². The third-order valence-corrected chi connectivity index (χ3v) is 3.28. The third kappa shape index (κ3) is 2.22. The average Bonchev–Trinajstić information content (AvgIpc) is 2.73. The third-order valence-electron chi connectivity index (χ3n) is 3.28. The number of aryl methyl sites for hydroxylation is 2. The first-order valence-electron chi connectivity index (χ1n) is 6.42. The smallest absolute Gasteiger partial charge is 0.157 e. The lowest BCUT2D eigenvalue weighted by Gasteiger charge is -2.07. The molecule has 1 aromatic carbocycles. The number of nitrogens with one attached hydrogen (secondary N) is 1. The summed E-state index contributed by atoms with van der Waals surface area (Å²) in [5, 5.41) is 8.44. The number of fused-ring (bicyclic) bond motifs is 1. The first kappa shape index (κ1) is 12.6. The topological polar surface area (TPSA) is 42.7 Å². The van der Waals surface area contributed by atoms with E-state index in [1.54, 1.807) is 29.1 Å². The molecule has 0 unspecified atom stereocenters. The molecule has 0 radical (unpaired) electrons. The second-order valence-electron chi connectivity index (χ2n) is 4.76. The predicted molar refractivity (Wildman–Crippen MR) is 77.0 cm³/mol. The Morgan fingerprint density at radius 1 is 1.30 bits per heavy atom. The van der Waals surface area contributed by atoms with Gasteiger partial charge < -0.3 is 5.32 Å². The fourth-order valence-corrected chi connectivity index (χ4v) is 2.25. The molecule has 0 saturated heterocycles. The second-order valence-corrected chi connectivity index (χ2v) is 4.76. The quantitative estimate of drug-likeness (QED) is 0.795. The van der Waals surface area contributed by atoms with Crippen molar-refractivity contribution in [3.05, 3.63) is 53.6 Å². The van der Waals surface area contributed by atoms with Crippen molar-refractivity contribution in [2.45, 2.75) is 13.5 Å². The molecular formula is C15H15FN4. The van der Waals surface area contributed by atoms with Gasteiger partial charge in [-0.05, 0) is 30.7 Å². The number of benzene rings is 1. The lowest BCUT2D eigenvalue weighted by atomic mass is 10.2. The maximum atomic E-state index is 13.5. The number of para-hydroxylation sites is 1. The van der Waals surface area contributed by atoms with E-state index >= 15 is 0 Å². The molecule has 0 bridgehead atoms. The summed E-state index contributed by atoms with van der Waals surface area (Å²) in [5.74, 6) is -0.251. The largest absolute Gasteiger partial charge is 0.379 e. The number of hydrogen-bond acceptors (Lipinski definition) is 3. The average molecular weight is 270 g/mol. The Balaban J connectivity index is 1.85. The first-order valence-corrected chi connectivity index (χ1v) is 6.42. The van der Waals surface area contributed by atoms with Gasteiger partial charge in [0.15, 0.2) is 5.65 Å². The first-order chi connectivity index (χ1) is 9.65. The van der Waals surface area contributed by atoms with Gasteiger partial charge in [0.2, 0.25) is 0 Å². The van der Waals surface area contributed by atoms with Gasteiger partial charge in [-0.1, -0.05) is 12.1 Å². The Morgan fingerprint density at radius 3 is 2.90 bits per heavy atom. The molecule has 0 aliphatic rings. The molecule has 2 aromatic heterocycles. The maximum Gasteiger partial charge on any atom is 0.157 e. The van der Waals surface area contributed by atoms with Crippen LogP contribution in [0, 0.1) is 12.7 Å². The predicted octanol–water partition coefficient (Wildman–Crippen LogP) is 3.03. The molecule has 3 rings (SSSR count). The SMILES string of the molecule is Cc1nn(C)c2ncc(CNc3ccccc3F)cc12. The van der Waals surface area contributed by atoms with Crippen LogP contribution in [-0.2, 0) is 13.6 Å². The van der Waals surface area contributed by atoms with Crippen LogP contribution in [0.15, 0.2) is 36.5 Å². The van der Waals surface area contributed by atoms with Gasteiger partial charge in [-0.3, -0.25) is 4.68 Å². The minimum Gasteiger partial charge on any atom is -0.379 e. The van der Waals surface area contributed by atoms with Gasteiger partial charge in [-0.2, -0.15) is 5.10 Å². The summed E-state index contributed by atoms with van der Waals surface area (Å²) < 4.78 is 15.3. The fraction of sp³-hybridized carbons (Fsp3) is 0.200. The van der Waals surface area contributed by atoms with Crippen LogP contribution in [0.1, 0.15) is 11.3 Å². The highest BCUT2D eigenvalue weighted by Crippen LogP contribution is 2.18. The van der Waals surface area contributed by atoms with Crippen molar-refractivity contribution >= 4 is 16.7 Å². The molecule has 4 nitrogen and oxygen atoms in total. The molecule has 2 heterocycles. The number of rotatable bonds is 3. The Kier molecular flexibility index (Phi) is 3.10. The van der Waals surface area contributed by atoms with Gasteiger partial charge in [-0.15, -0.1) is 0 Å². The van der Waals surface area contributed by atoms with E-state index in [2.05, 4.69) is 15.4 Å². The zero-order valence-corrected chi connectivity index (χ0v) is 11.4. The lowest BCUT2D eigenvalue weighted by molar-refractivity contribution is 0.630. The summed E-state index contributed by atoms with van der Waals surface area (Å²) in [7, 11) is 1.87. The molecular weight excluding hydrogens is 255 g/mol. The van der Waals surface area contributed by atoms with Crippen molar-refractivity contribution in [1.82, 2.24) is 14.8 Å². The highest BCUT2D eigenvalue weighted by molar-refractivity contribution is 5.78. The van der Waals surface area contributed by atoms with Crippen LogP contribution in [0.2, 0.25) is 0 Å². The molecule has 0 aliphatic carbocycles. The van der Waals surface area contributed by atoms with Crippen molar-refractivity contribution in [2.24, 2.45) is 7.05 Å². The Morgan fingerprint density at radius 2 is 2.10 bits per heavy atom. The van der Waals surface area contributed by atoms with E-state index in [0.29, 0.717) is 12.2 Å². The Labute approximate surface area is 116 Å². The maximum absolute atomic E-state index is 13.5. The van der Waals surface area contributed by atoms with Crippen molar-refractivity contribution in [2.75, 3.05) is 5.32 Å². The normalized spacial score (nSPS) is 10.9. The van der Waals surface area contributed by atoms with E-state index in [-0.39, 0.29) is 5.82 Å². The number of anilines is 1. The summed E-state index contributed by atoms with van der Waals surface area (Å²) in [6.07, 6.45) is 1.79. The Bertz CT molecular complexity index is 764. The number of pyridine rings is 1. The minimum absolute atomic E-state index is 0.251. The second kappa shape index (κ2) is 4.92. The van der Waals surface area contributed by atoms with Crippen LogP contribution < -0.4 is 5.32 Å². The summed E-state index contributed by atoms with van der Waals surface area (Å²) in [5.41, 5.74) is 3.30. The van der Waals surface area contributed by atoms with Crippen LogP contribution in [0.5, 0.6) is 0 Å². The van der Waals surface area contributed by atoms with Crippen molar-refractivity contribution < 1.29 is 4.39 Å². The summed E-state index contributed by atoms with van der Waals surface area (Å²) in [4.78, 5) is 4.40. The van der Waals surface area contributed by atoms with Crippen LogP contribution in [0.3, 0.4) is 0 Å². The minimum atomic E-state index is -0.251. The number of hydrogen-bond donors (Lipinski definition) is 1. The standard InChI is InChI=1S/C15H15FN4/c1-10-12-7-11(9-18-15(12)20(2)19-10)8-17-14-6-4-3-5-13(14)16/h3-7,9,17H,8H2,1-2H3. The molecule has 20 heavy (non-hydrogen) atoms. The van der Waals surface area contributed by atoms with Crippen molar-refractivity contribution in [3.63, 3.8) is 0 Å². The summed E-state index contributed by atoms with van der Waals surface area (Å²) >= 11 is 0. The molecule has 5 heteroatoms. The molecule has 1 N–H and O–H groups in total. The van der Waals surface area contributed by atoms with Crippen LogP contribution in [0.25, 0.3) is 11.0 Å². The fourth-order valence-electron chi connectivity index (χ4n) is 2.25. The van der Waals surface area contributed by atoms with Gasteiger partial charge in [0, 0.05) is 25.2 Å². The van der Waals surface area contributed by atoms with E-state index in [9.17, 15) is 4.39 Å². The van der Waals surface area contributed by atoms with Crippen LogP contribution >= 0.6 is 0 Å². The van der Waals surface area contributed by atoms with Crippen LogP contribution in [-0.4, -0.2) is 14.8 Å². The molecule has 0 aliphatic heterocycles. The lowest BCUT2D eigenvalue weighted by Crippen LogP contribution is -2.02. The van der Waals surface area contributed by atoms with Gasteiger partial charge in [0.05, 0.1) is 11.4 Å². The van der Waals surface area contributed by atoms with E-state index in [0.717, 1.165) is 22.3 Å². The van der Waals surface area contributed by atoms with E-state index in [4.69, 9.17) is 0 Å². The summed E-state index contributed by atoms with van der Waals surface area (Å²) in [6.45, 7) is 2.48. The summed E-state index contributed by atoms with van der Waals surface area (Å²) in [6, 6.07) is 8.68. The molecule has 0 saturated carbocycles.